The van der Waals surface area contributed by atoms with Gasteiger partial charge in [-0.3, -0.25) is 4.79 Å². The fourth-order valence-corrected chi connectivity index (χ4v) is 3.11. The number of nitrogens with one attached hydrogen (secondary N) is 2. The zero-order valence-electron chi connectivity index (χ0n) is 11.1. The normalized spacial score (nSPS) is 14.5. The number of halogens is 1. The molecule has 2 heterocycles. The largest absolute Gasteiger partial charge is 0.360 e. The number of carbonyl (C=O) groups excluding carboxylic acids is 1. The Morgan fingerprint density at radius 2 is 2.30 bits per heavy atom. The van der Waals surface area contributed by atoms with Gasteiger partial charge in [0.1, 0.15) is 10.6 Å². The Morgan fingerprint density at radius 1 is 1.50 bits per heavy atom. The van der Waals surface area contributed by atoms with Crippen molar-refractivity contribution in [3.63, 3.8) is 0 Å². The average molecular weight is 311 g/mol. The number of aryl methyl sites for hydroxylation is 1. The molecular weight excluding hydrogens is 296 g/mol. The molecule has 7 heteroatoms. The Hall–Kier alpha value is -1.40. The van der Waals surface area contributed by atoms with Crippen LogP contribution in [-0.4, -0.2) is 28.5 Å². The molecule has 2 N–H and O–H groups in total. The zero-order valence-corrected chi connectivity index (χ0v) is 12.6. The molecule has 2 aromatic rings. The second-order valence-electron chi connectivity index (χ2n) is 4.82. The van der Waals surface area contributed by atoms with Crippen molar-refractivity contribution in [1.82, 2.24) is 15.3 Å². The number of fused-ring (bicyclic) bond motifs is 1. The molecule has 5 nitrogen and oxygen atoms in total. The van der Waals surface area contributed by atoms with Crippen LogP contribution < -0.4 is 10.6 Å². The van der Waals surface area contributed by atoms with E-state index in [1.165, 1.54) is 4.88 Å². The molecule has 2 aromatic heterocycles. The quantitative estimate of drug-likeness (QED) is 0.833. The van der Waals surface area contributed by atoms with Gasteiger partial charge in [0.15, 0.2) is 0 Å². The van der Waals surface area contributed by atoms with Crippen LogP contribution >= 0.6 is 22.9 Å². The van der Waals surface area contributed by atoms with E-state index < -0.39 is 0 Å². The Labute approximate surface area is 125 Å². The van der Waals surface area contributed by atoms with E-state index in [9.17, 15) is 4.79 Å². The highest BCUT2D eigenvalue weighted by molar-refractivity contribution is 7.18. The van der Waals surface area contributed by atoms with Gasteiger partial charge in [-0.2, -0.15) is 0 Å². The summed E-state index contributed by atoms with van der Waals surface area (Å²) >= 11 is 7.53. The molecule has 3 rings (SSSR count). The summed E-state index contributed by atoms with van der Waals surface area (Å²) in [5.41, 5.74) is 0. The fourth-order valence-electron chi connectivity index (χ4n) is 1.92. The number of anilines is 1. The predicted octanol–water partition coefficient (Wildman–Crippen LogP) is 2.60. The maximum absolute atomic E-state index is 11.7. The molecule has 0 radical (unpaired) electrons. The van der Waals surface area contributed by atoms with Crippen molar-refractivity contribution in [2.45, 2.75) is 32.2 Å². The van der Waals surface area contributed by atoms with Gasteiger partial charge in [0.25, 0.3) is 0 Å². The van der Waals surface area contributed by atoms with E-state index in [1.807, 2.05) is 0 Å². The fraction of sp³-hybridized carbons (Fsp3) is 0.462. The van der Waals surface area contributed by atoms with Crippen molar-refractivity contribution in [1.29, 1.82) is 0 Å². The van der Waals surface area contributed by atoms with E-state index in [2.05, 4.69) is 33.6 Å². The van der Waals surface area contributed by atoms with Crippen molar-refractivity contribution in [2.75, 3.05) is 11.9 Å². The zero-order chi connectivity index (χ0) is 14.1. The summed E-state index contributed by atoms with van der Waals surface area (Å²) < 4.78 is 0. The van der Waals surface area contributed by atoms with E-state index in [0.717, 1.165) is 29.5 Å². The molecule has 1 fully saturated rings. The number of hydrogen-bond donors (Lipinski definition) is 2. The van der Waals surface area contributed by atoms with Gasteiger partial charge in [-0.25, -0.2) is 9.97 Å². The van der Waals surface area contributed by atoms with Crippen LogP contribution in [0.4, 0.5) is 5.82 Å². The highest BCUT2D eigenvalue weighted by Crippen LogP contribution is 2.30. The summed E-state index contributed by atoms with van der Waals surface area (Å²) in [5.74, 6) is 0.614. The van der Waals surface area contributed by atoms with Crippen LogP contribution in [0.3, 0.4) is 0 Å². The van der Waals surface area contributed by atoms with Gasteiger partial charge < -0.3 is 10.6 Å². The number of carbonyl (C=O) groups is 1. The van der Waals surface area contributed by atoms with Crippen molar-refractivity contribution in [2.24, 2.45) is 0 Å². The maximum atomic E-state index is 11.7. The van der Waals surface area contributed by atoms with Crippen LogP contribution in [0.15, 0.2) is 6.07 Å². The van der Waals surface area contributed by atoms with Crippen LogP contribution in [0.2, 0.25) is 5.28 Å². The summed E-state index contributed by atoms with van der Waals surface area (Å²) in [7, 11) is 0. The third-order valence-electron chi connectivity index (χ3n) is 3.12. The Morgan fingerprint density at radius 3 is 3.00 bits per heavy atom. The first-order valence-electron chi connectivity index (χ1n) is 6.65. The molecule has 1 saturated carbocycles. The van der Waals surface area contributed by atoms with Gasteiger partial charge >= 0.3 is 0 Å². The minimum Gasteiger partial charge on any atom is -0.360 e. The molecule has 0 saturated heterocycles. The Kier molecular flexibility index (Phi) is 3.76. The SMILES string of the molecule is CCc1cc2c(NCC(=O)NC3CC3)nc(Cl)nc2s1. The smallest absolute Gasteiger partial charge is 0.239 e. The summed E-state index contributed by atoms with van der Waals surface area (Å²) in [6.45, 7) is 2.30. The van der Waals surface area contributed by atoms with Crippen molar-refractivity contribution >= 4 is 44.9 Å². The van der Waals surface area contributed by atoms with Gasteiger partial charge in [-0.05, 0) is 36.9 Å². The van der Waals surface area contributed by atoms with E-state index in [-0.39, 0.29) is 17.7 Å². The highest BCUT2D eigenvalue weighted by atomic mass is 35.5. The second kappa shape index (κ2) is 5.54. The van der Waals surface area contributed by atoms with Gasteiger partial charge in [0, 0.05) is 10.9 Å². The van der Waals surface area contributed by atoms with E-state index in [0.29, 0.717) is 11.9 Å². The minimum atomic E-state index is -0.0127. The molecule has 106 valence electrons. The molecule has 20 heavy (non-hydrogen) atoms. The molecule has 1 amide bonds. The summed E-state index contributed by atoms with van der Waals surface area (Å²) in [6.07, 6.45) is 3.11. The maximum Gasteiger partial charge on any atom is 0.239 e. The van der Waals surface area contributed by atoms with Crippen LogP contribution in [0.1, 0.15) is 24.6 Å². The van der Waals surface area contributed by atoms with E-state index >= 15 is 0 Å². The third-order valence-corrected chi connectivity index (χ3v) is 4.47. The molecule has 0 atom stereocenters. The molecule has 0 aromatic carbocycles. The van der Waals surface area contributed by atoms with Crippen LogP contribution in [0, 0.1) is 0 Å². The van der Waals surface area contributed by atoms with Gasteiger partial charge in [0.2, 0.25) is 11.2 Å². The summed E-state index contributed by atoms with van der Waals surface area (Å²) in [4.78, 5) is 22.2. The topological polar surface area (TPSA) is 66.9 Å². The molecule has 0 unspecified atom stereocenters. The molecule has 0 spiro atoms. The van der Waals surface area contributed by atoms with E-state index in [4.69, 9.17) is 11.6 Å². The van der Waals surface area contributed by atoms with Crippen molar-refractivity contribution < 1.29 is 4.79 Å². The Balaban J connectivity index is 1.78. The summed E-state index contributed by atoms with van der Waals surface area (Å²) in [6, 6.07) is 2.42. The van der Waals surface area contributed by atoms with Crippen molar-refractivity contribution in [3.8, 4) is 0 Å². The lowest BCUT2D eigenvalue weighted by Gasteiger charge is -2.07. The molecular formula is C13H15ClN4OS. The monoisotopic (exact) mass is 310 g/mol. The standard InChI is InChI=1S/C13H15ClN4OS/c1-2-8-5-9-11(17-13(14)18-12(9)20-8)15-6-10(19)16-7-3-4-7/h5,7H,2-4,6H2,1H3,(H,16,19)(H,15,17,18). The molecule has 1 aliphatic carbocycles. The van der Waals surface area contributed by atoms with Gasteiger partial charge in [-0.15, -0.1) is 11.3 Å². The molecule has 1 aliphatic rings. The first-order valence-corrected chi connectivity index (χ1v) is 7.84. The number of amides is 1. The van der Waals surface area contributed by atoms with Crippen LogP contribution in [-0.2, 0) is 11.2 Å². The molecule has 0 bridgehead atoms. The van der Waals surface area contributed by atoms with Gasteiger partial charge in [-0.1, -0.05) is 6.92 Å². The summed E-state index contributed by atoms with van der Waals surface area (Å²) in [5, 5.41) is 7.11. The van der Waals surface area contributed by atoms with Gasteiger partial charge in [0.05, 0.1) is 11.9 Å². The lowest BCUT2D eigenvalue weighted by molar-refractivity contribution is -0.119. The Bertz CT molecular complexity index is 653. The highest BCUT2D eigenvalue weighted by Gasteiger charge is 2.23. The predicted molar refractivity (Wildman–Crippen MR) is 81.5 cm³/mol. The van der Waals surface area contributed by atoms with E-state index in [1.54, 1.807) is 11.3 Å². The minimum absolute atomic E-state index is 0.0127. The average Bonchev–Trinajstić information content (AvgIpc) is 3.12. The third kappa shape index (κ3) is 3.02. The first kappa shape index (κ1) is 13.6. The first-order chi connectivity index (χ1) is 9.65. The number of thiophene rings is 1. The number of aromatic nitrogens is 2. The number of hydrogen-bond acceptors (Lipinski definition) is 5. The molecule has 0 aliphatic heterocycles. The van der Waals surface area contributed by atoms with Crippen molar-refractivity contribution in [3.05, 3.63) is 16.2 Å². The lowest BCUT2D eigenvalue weighted by Crippen LogP contribution is -2.31. The number of rotatable bonds is 5. The second-order valence-corrected chi connectivity index (χ2v) is 6.27. The van der Waals surface area contributed by atoms with Crippen LogP contribution in [0.25, 0.3) is 10.2 Å². The van der Waals surface area contributed by atoms with Crippen LogP contribution in [0.5, 0.6) is 0 Å². The lowest BCUT2D eigenvalue weighted by atomic mass is 10.3. The number of nitrogens with zero attached hydrogens (tertiary/aromatic N) is 2.